The molecule has 0 spiro atoms. The highest BCUT2D eigenvalue weighted by Gasteiger charge is 2.27. The summed E-state index contributed by atoms with van der Waals surface area (Å²) < 4.78 is 39.9. The minimum atomic E-state index is -4.36. The number of amides is 1. The lowest BCUT2D eigenvalue weighted by molar-refractivity contribution is -0.174. The van der Waals surface area contributed by atoms with Gasteiger partial charge in [-0.1, -0.05) is 0 Å². The predicted octanol–water partition coefficient (Wildman–Crippen LogP) is 2.56. The molecule has 4 nitrogen and oxygen atoms in total. The number of hydrogen-bond donors (Lipinski definition) is 2. The van der Waals surface area contributed by atoms with E-state index in [2.05, 4.69) is 15.4 Å². The molecule has 1 aromatic carbocycles. The molecule has 2 N–H and O–H groups in total. The summed E-state index contributed by atoms with van der Waals surface area (Å²) in [4.78, 5) is 11.5. The molecule has 0 atom stereocenters. The molecule has 1 aliphatic rings. The molecule has 110 valence electrons. The van der Waals surface area contributed by atoms with Crippen LogP contribution in [0.1, 0.15) is 12.0 Å². The Labute approximate surface area is 114 Å². The van der Waals surface area contributed by atoms with E-state index in [1.807, 2.05) is 12.1 Å². The number of carbonyl (C=O) groups is 1. The fourth-order valence-corrected chi connectivity index (χ4v) is 1.96. The summed E-state index contributed by atoms with van der Waals surface area (Å²) in [6, 6.07) is 5.49. The topological polar surface area (TPSA) is 50.4 Å². The largest absolute Gasteiger partial charge is 0.411 e. The molecule has 20 heavy (non-hydrogen) atoms. The van der Waals surface area contributed by atoms with Gasteiger partial charge in [0, 0.05) is 17.9 Å². The predicted molar refractivity (Wildman–Crippen MR) is 68.8 cm³/mol. The van der Waals surface area contributed by atoms with Crippen LogP contribution in [0.4, 0.5) is 24.5 Å². The van der Waals surface area contributed by atoms with Gasteiger partial charge in [-0.15, -0.1) is 0 Å². The van der Waals surface area contributed by atoms with Gasteiger partial charge in [-0.25, -0.2) is 0 Å². The van der Waals surface area contributed by atoms with Crippen molar-refractivity contribution in [3.63, 3.8) is 0 Å². The molecule has 1 aromatic rings. The van der Waals surface area contributed by atoms with Crippen molar-refractivity contribution in [3.05, 3.63) is 23.8 Å². The lowest BCUT2D eigenvalue weighted by Crippen LogP contribution is -2.20. The number of rotatable bonds is 5. The molecule has 7 heteroatoms. The second-order valence-corrected chi connectivity index (χ2v) is 4.51. The summed E-state index contributed by atoms with van der Waals surface area (Å²) in [7, 11) is 0. The fourth-order valence-electron chi connectivity index (χ4n) is 1.96. The first-order valence-corrected chi connectivity index (χ1v) is 6.25. The van der Waals surface area contributed by atoms with Gasteiger partial charge in [-0.05, 0) is 30.2 Å². The highest BCUT2D eigenvalue weighted by atomic mass is 19.4. The van der Waals surface area contributed by atoms with E-state index in [9.17, 15) is 18.0 Å². The van der Waals surface area contributed by atoms with E-state index < -0.39 is 12.8 Å². The first-order valence-electron chi connectivity index (χ1n) is 6.25. The van der Waals surface area contributed by atoms with Gasteiger partial charge in [-0.2, -0.15) is 13.2 Å². The Morgan fingerprint density at radius 2 is 2.20 bits per heavy atom. The summed E-state index contributed by atoms with van der Waals surface area (Å²) in [5, 5.41) is 5.84. The van der Waals surface area contributed by atoms with Crippen LogP contribution in [0, 0.1) is 0 Å². The maximum absolute atomic E-state index is 11.8. The first-order chi connectivity index (χ1) is 9.44. The Morgan fingerprint density at radius 1 is 1.40 bits per heavy atom. The van der Waals surface area contributed by atoms with Crippen LogP contribution in [-0.2, 0) is 16.0 Å². The lowest BCUT2D eigenvalue weighted by Gasteiger charge is -2.09. The van der Waals surface area contributed by atoms with E-state index in [0.29, 0.717) is 5.69 Å². The Balaban J connectivity index is 1.74. The van der Waals surface area contributed by atoms with Crippen molar-refractivity contribution in [1.82, 2.24) is 0 Å². The third kappa shape index (κ3) is 4.41. The van der Waals surface area contributed by atoms with Gasteiger partial charge in [-0.3, -0.25) is 4.79 Å². The third-order valence-corrected chi connectivity index (χ3v) is 2.84. The molecule has 0 aromatic heterocycles. The number of alkyl halides is 3. The molecule has 0 bridgehead atoms. The molecule has 0 radical (unpaired) electrons. The van der Waals surface area contributed by atoms with E-state index in [-0.39, 0.29) is 18.9 Å². The number of benzene rings is 1. The Bertz CT molecular complexity index is 489. The SMILES string of the molecule is O=C(CCOCC(F)(F)F)Nc1ccc2c(c1)CCN2. The monoisotopic (exact) mass is 288 g/mol. The maximum atomic E-state index is 11.8. The van der Waals surface area contributed by atoms with Crippen LogP contribution in [0.5, 0.6) is 0 Å². The normalized spacial score (nSPS) is 13.8. The molecule has 0 unspecified atom stereocenters. The molecule has 1 aliphatic heterocycles. The molecule has 1 amide bonds. The molecule has 0 fully saturated rings. The van der Waals surface area contributed by atoms with Crippen LogP contribution in [0.15, 0.2) is 18.2 Å². The smallest absolute Gasteiger partial charge is 0.384 e. The highest BCUT2D eigenvalue weighted by Crippen LogP contribution is 2.25. The number of ether oxygens (including phenoxy) is 1. The Hall–Kier alpha value is -1.76. The summed E-state index contributed by atoms with van der Waals surface area (Å²) in [6.45, 7) is -0.708. The Kier molecular flexibility index (Phi) is 4.49. The summed E-state index contributed by atoms with van der Waals surface area (Å²) in [6.07, 6.45) is -3.57. The van der Waals surface area contributed by atoms with Crippen molar-refractivity contribution in [2.75, 3.05) is 30.4 Å². The molecule has 0 saturated heterocycles. The van der Waals surface area contributed by atoms with Crippen LogP contribution < -0.4 is 10.6 Å². The van der Waals surface area contributed by atoms with E-state index in [1.165, 1.54) is 0 Å². The van der Waals surface area contributed by atoms with E-state index in [1.54, 1.807) is 6.07 Å². The zero-order valence-corrected chi connectivity index (χ0v) is 10.7. The van der Waals surface area contributed by atoms with Crippen LogP contribution >= 0.6 is 0 Å². The van der Waals surface area contributed by atoms with Crippen LogP contribution in [-0.4, -0.2) is 31.8 Å². The van der Waals surface area contributed by atoms with Crippen molar-refractivity contribution < 1.29 is 22.7 Å². The summed E-state index contributed by atoms with van der Waals surface area (Å²) in [5.74, 6) is -0.363. The van der Waals surface area contributed by atoms with Crippen LogP contribution in [0.3, 0.4) is 0 Å². The van der Waals surface area contributed by atoms with Crippen molar-refractivity contribution in [2.45, 2.75) is 19.0 Å². The molecule has 0 aliphatic carbocycles. The zero-order chi connectivity index (χ0) is 14.6. The van der Waals surface area contributed by atoms with Crippen molar-refractivity contribution in [2.24, 2.45) is 0 Å². The fraction of sp³-hybridized carbons (Fsp3) is 0.462. The molecule has 1 heterocycles. The number of fused-ring (bicyclic) bond motifs is 1. The minimum Gasteiger partial charge on any atom is -0.384 e. The van der Waals surface area contributed by atoms with Gasteiger partial charge in [0.15, 0.2) is 0 Å². The summed E-state index contributed by atoms with van der Waals surface area (Å²) >= 11 is 0. The second kappa shape index (κ2) is 6.13. The van der Waals surface area contributed by atoms with Crippen LogP contribution in [0.2, 0.25) is 0 Å². The average molecular weight is 288 g/mol. The Morgan fingerprint density at radius 3 is 2.95 bits per heavy atom. The number of nitrogens with one attached hydrogen (secondary N) is 2. The van der Waals surface area contributed by atoms with Gasteiger partial charge in [0.25, 0.3) is 0 Å². The quantitative estimate of drug-likeness (QED) is 0.819. The van der Waals surface area contributed by atoms with Crippen molar-refractivity contribution in [1.29, 1.82) is 0 Å². The van der Waals surface area contributed by atoms with Gasteiger partial charge in [0.05, 0.1) is 13.0 Å². The molecular formula is C13H15F3N2O2. The highest BCUT2D eigenvalue weighted by molar-refractivity contribution is 5.91. The molecule has 2 rings (SSSR count). The lowest BCUT2D eigenvalue weighted by atomic mass is 10.1. The van der Waals surface area contributed by atoms with E-state index in [0.717, 1.165) is 24.2 Å². The number of carbonyl (C=O) groups excluding carboxylic acids is 1. The third-order valence-electron chi connectivity index (χ3n) is 2.84. The maximum Gasteiger partial charge on any atom is 0.411 e. The first kappa shape index (κ1) is 14.6. The van der Waals surface area contributed by atoms with Gasteiger partial charge in [0.2, 0.25) is 5.91 Å². The van der Waals surface area contributed by atoms with Crippen LogP contribution in [0.25, 0.3) is 0 Å². The standard InChI is InChI=1S/C13H15F3N2O2/c14-13(15,16)8-20-6-4-12(19)18-10-1-2-11-9(7-10)3-5-17-11/h1-2,7,17H,3-6,8H2,(H,18,19). The van der Waals surface area contributed by atoms with Gasteiger partial charge >= 0.3 is 6.18 Å². The van der Waals surface area contributed by atoms with Crippen molar-refractivity contribution >= 4 is 17.3 Å². The molecular weight excluding hydrogens is 273 g/mol. The minimum absolute atomic E-state index is 0.106. The number of anilines is 2. The van der Waals surface area contributed by atoms with E-state index in [4.69, 9.17) is 0 Å². The number of halogens is 3. The number of hydrogen-bond acceptors (Lipinski definition) is 3. The molecule has 0 saturated carbocycles. The van der Waals surface area contributed by atoms with Gasteiger partial charge < -0.3 is 15.4 Å². The van der Waals surface area contributed by atoms with Gasteiger partial charge in [0.1, 0.15) is 6.61 Å². The van der Waals surface area contributed by atoms with Crippen molar-refractivity contribution in [3.8, 4) is 0 Å². The average Bonchev–Trinajstić information content (AvgIpc) is 2.81. The van der Waals surface area contributed by atoms with E-state index >= 15 is 0 Å². The zero-order valence-electron chi connectivity index (χ0n) is 10.7. The summed E-state index contributed by atoms with van der Waals surface area (Å²) in [5.41, 5.74) is 2.82. The second-order valence-electron chi connectivity index (χ2n) is 4.51.